The molecule has 3 nitrogen and oxygen atoms in total. The Morgan fingerprint density at radius 2 is 2.50 bits per heavy atom. The van der Waals surface area contributed by atoms with Crippen molar-refractivity contribution in [2.75, 3.05) is 6.61 Å². The molecule has 4 heteroatoms. The molecule has 0 unspecified atom stereocenters. The summed E-state index contributed by atoms with van der Waals surface area (Å²) in [5.74, 6) is 0.373. The second-order valence-electron chi connectivity index (χ2n) is 2.09. The second-order valence-corrected chi connectivity index (χ2v) is 2.61. The molecule has 0 aliphatic heterocycles. The lowest BCUT2D eigenvalue weighted by Crippen LogP contribution is -1.96. The van der Waals surface area contributed by atoms with Crippen LogP contribution in [0.3, 0.4) is 0 Å². The third-order valence-corrected chi connectivity index (χ3v) is 1.48. The highest BCUT2D eigenvalue weighted by Gasteiger charge is 2.03. The molecule has 0 saturated carbocycles. The van der Waals surface area contributed by atoms with Gasteiger partial charge in [0.05, 0.1) is 6.61 Å². The smallest absolute Gasteiger partial charge is 0.231 e. The van der Waals surface area contributed by atoms with Crippen LogP contribution in [0, 0.1) is 11.3 Å². The molecular weight excluding hydrogens is 172 g/mol. The largest absolute Gasteiger partial charge is 0.477 e. The number of rotatable bonds is 2. The average Bonchev–Trinajstić information content (AvgIpc) is 2.08. The second kappa shape index (κ2) is 3.98. The third-order valence-electron chi connectivity index (χ3n) is 1.24. The highest BCUT2D eigenvalue weighted by molar-refractivity contribution is 7.80. The van der Waals surface area contributed by atoms with Crippen LogP contribution >= 0.6 is 12.6 Å². The fourth-order valence-electron chi connectivity index (χ4n) is 0.773. The zero-order valence-electron chi connectivity index (χ0n) is 6.61. The normalized spacial score (nSPS) is 9.08. The SMILES string of the molecule is CCOc1ncc(S)cc1C#N. The topological polar surface area (TPSA) is 45.9 Å². The summed E-state index contributed by atoms with van der Waals surface area (Å²) in [6, 6.07) is 3.61. The van der Waals surface area contributed by atoms with Crippen LogP contribution in [0.25, 0.3) is 0 Å². The molecule has 0 atom stereocenters. The zero-order valence-corrected chi connectivity index (χ0v) is 7.51. The Morgan fingerprint density at radius 1 is 1.75 bits per heavy atom. The molecule has 0 bridgehead atoms. The van der Waals surface area contributed by atoms with Crippen LogP contribution in [0.2, 0.25) is 0 Å². The van der Waals surface area contributed by atoms with Gasteiger partial charge in [-0.2, -0.15) is 5.26 Å². The molecule has 0 radical (unpaired) electrons. The van der Waals surface area contributed by atoms with E-state index in [4.69, 9.17) is 10.00 Å². The number of hydrogen-bond acceptors (Lipinski definition) is 4. The molecule has 0 fully saturated rings. The summed E-state index contributed by atoms with van der Waals surface area (Å²) in [7, 11) is 0. The molecule has 1 rings (SSSR count). The number of thiol groups is 1. The van der Waals surface area contributed by atoms with Crippen LogP contribution in [-0.2, 0) is 0 Å². The van der Waals surface area contributed by atoms with E-state index in [1.54, 1.807) is 12.3 Å². The summed E-state index contributed by atoms with van der Waals surface area (Å²) in [6.07, 6.45) is 1.55. The number of aromatic nitrogens is 1. The Hall–Kier alpha value is -1.21. The molecule has 12 heavy (non-hydrogen) atoms. The van der Waals surface area contributed by atoms with Gasteiger partial charge in [0.2, 0.25) is 5.88 Å². The van der Waals surface area contributed by atoms with E-state index in [0.29, 0.717) is 22.9 Å². The maximum absolute atomic E-state index is 8.67. The number of pyridine rings is 1. The molecule has 0 aliphatic carbocycles. The van der Waals surface area contributed by atoms with Crippen LogP contribution in [0.1, 0.15) is 12.5 Å². The van der Waals surface area contributed by atoms with Crippen molar-refractivity contribution in [1.82, 2.24) is 4.98 Å². The standard InChI is InChI=1S/C8H8N2OS/c1-2-11-8-6(4-9)3-7(12)5-10-8/h3,5,12H,2H2,1H3. The van der Waals surface area contributed by atoms with E-state index < -0.39 is 0 Å². The van der Waals surface area contributed by atoms with Gasteiger partial charge in [-0.3, -0.25) is 0 Å². The molecule has 0 spiro atoms. The quantitative estimate of drug-likeness (QED) is 0.704. The minimum Gasteiger partial charge on any atom is -0.477 e. The van der Waals surface area contributed by atoms with E-state index >= 15 is 0 Å². The van der Waals surface area contributed by atoms with Crippen LogP contribution in [-0.4, -0.2) is 11.6 Å². The summed E-state index contributed by atoms with van der Waals surface area (Å²) in [4.78, 5) is 4.58. The molecule has 1 aromatic rings. The van der Waals surface area contributed by atoms with Gasteiger partial charge in [0.15, 0.2) is 0 Å². The van der Waals surface area contributed by atoms with Gasteiger partial charge >= 0.3 is 0 Å². The predicted molar refractivity (Wildman–Crippen MR) is 47.4 cm³/mol. The minimum absolute atomic E-state index is 0.373. The van der Waals surface area contributed by atoms with E-state index in [-0.39, 0.29) is 0 Å². The van der Waals surface area contributed by atoms with E-state index in [2.05, 4.69) is 17.6 Å². The van der Waals surface area contributed by atoms with Gasteiger partial charge in [0.1, 0.15) is 11.6 Å². The lowest BCUT2D eigenvalue weighted by atomic mass is 10.3. The van der Waals surface area contributed by atoms with Gasteiger partial charge in [-0.25, -0.2) is 4.98 Å². The molecule has 0 amide bonds. The van der Waals surface area contributed by atoms with E-state index in [9.17, 15) is 0 Å². The summed E-state index contributed by atoms with van der Waals surface area (Å²) >= 11 is 4.05. The zero-order chi connectivity index (χ0) is 8.97. The summed E-state index contributed by atoms with van der Waals surface area (Å²) in [5, 5.41) is 8.67. The Kier molecular flexibility index (Phi) is 2.94. The van der Waals surface area contributed by atoms with E-state index in [1.807, 2.05) is 13.0 Å². The van der Waals surface area contributed by atoms with Gasteiger partial charge in [-0.05, 0) is 13.0 Å². The predicted octanol–water partition coefficient (Wildman–Crippen LogP) is 1.64. The first kappa shape index (κ1) is 8.88. The fourth-order valence-corrected chi connectivity index (χ4v) is 0.960. The van der Waals surface area contributed by atoms with Crippen LogP contribution in [0.4, 0.5) is 0 Å². The minimum atomic E-state index is 0.373. The van der Waals surface area contributed by atoms with Crippen LogP contribution in [0.5, 0.6) is 5.88 Å². The number of nitriles is 1. The van der Waals surface area contributed by atoms with E-state index in [1.165, 1.54) is 0 Å². The molecule has 62 valence electrons. The Balaban J connectivity index is 3.05. The summed E-state index contributed by atoms with van der Waals surface area (Å²) in [6.45, 7) is 2.35. The lowest BCUT2D eigenvalue weighted by molar-refractivity contribution is 0.325. The molecule has 0 aliphatic rings. The van der Waals surface area contributed by atoms with Crippen LogP contribution < -0.4 is 4.74 Å². The van der Waals surface area contributed by atoms with Gasteiger partial charge < -0.3 is 4.74 Å². The average molecular weight is 180 g/mol. The molecule has 1 heterocycles. The Morgan fingerprint density at radius 3 is 3.08 bits per heavy atom. The molecule has 1 aromatic heterocycles. The van der Waals surface area contributed by atoms with Crippen molar-refractivity contribution in [3.05, 3.63) is 17.8 Å². The highest BCUT2D eigenvalue weighted by Crippen LogP contribution is 2.16. The van der Waals surface area contributed by atoms with Crippen molar-refractivity contribution in [3.63, 3.8) is 0 Å². The molecule has 0 saturated heterocycles. The van der Waals surface area contributed by atoms with Gasteiger partial charge in [0.25, 0.3) is 0 Å². The fraction of sp³-hybridized carbons (Fsp3) is 0.250. The maximum Gasteiger partial charge on any atom is 0.231 e. The first-order valence-electron chi connectivity index (χ1n) is 3.49. The van der Waals surface area contributed by atoms with Gasteiger partial charge in [-0.1, -0.05) is 0 Å². The van der Waals surface area contributed by atoms with Crippen molar-refractivity contribution in [1.29, 1.82) is 5.26 Å². The number of nitrogens with zero attached hydrogens (tertiary/aromatic N) is 2. The highest BCUT2D eigenvalue weighted by atomic mass is 32.1. The van der Waals surface area contributed by atoms with Gasteiger partial charge in [-0.15, -0.1) is 12.6 Å². The Bertz CT molecular complexity index is 319. The summed E-state index contributed by atoms with van der Waals surface area (Å²) < 4.78 is 5.12. The maximum atomic E-state index is 8.67. The first-order chi connectivity index (χ1) is 5.77. The first-order valence-corrected chi connectivity index (χ1v) is 3.94. The molecular formula is C8H8N2OS. The monoisotopic (exact) mass is 180 g/mol. The van der Waals surface area contributed by atoms with Crippen molar-refractivity contribution in [2.45, 2.75) is 11.8 Å². The van der Waals surface area contributed by atoms with Crippen molar-refractivity contribution < 1.29 is 4.74 Å². The third kappa shape index (κ3) is 1.89. The number of ether oxygens (including phenoxy) is 1. The Labute approximate surface area is 76.4 Å². The van der Waals surface area contributed by atoms with Crippen molar-refractivity contribution in [3.8, 4) is 11.9 Å². The lowest BCUT2D eigenvalue weighted by Gasteiger charge is -2.02. The van der Waals surface area contributed by atoms with Crippen LogP contribution in [0.15, 0.2) is 17.2 Å². The molecule has 0 N–H and O–H groups in total. The van der Waals surface area contributed by atoms with E-state index in [0.717, 1.165) is 0 Å². The number of hydrogen-bond donors (Lipinski definition) is 1. The van der Waals surface area contributed by atoms with Crippen molar-refractivity contribution in [2.24, 2.45) is 0 Å². The molecule has 0 aromatic carbocycles. The van der Waals surface area contributed by atoms with Crippen molar-refractivity contribution >= 4 is 12.6 Å². The van der Waals surface area contributed by atoms with Gasteiger partial charge in [0, 0.05) is 11.1 Å². The summed E-state index contributed by atoms with van der Waals surface area (Å²) in [5.41, 5.74) is 0.421.